The van der Waals surface area contributed by atoms with Crippen LogP contribution in [0.1, 0.15) is 38.2 Å². The molecule has 0 aliphatic heterocycles. The summed E-state index contributed by atoms with van der Waals surface area (Å²) in [6, 6.07) is 8.92. The van der Waals surface area contributed by atoms with Crippen molar-refractivity contribution < 1.29 is 9.53 Å². The van der Waals surface area contributed by atoms with E-state index >= 15 is 0 Å². The van der Waals surface area contributed by atoms with E-state index in [4.69, 9.17) is 4.74 Å². The minimum atomic E-state index is 0.125. The Bertz CT molecular complexity index is 481. The van der Waals surface area contributed by atoms with E-state index in [0.717, 1.165) is 18.6 Å². The molecule has 1 aromatic rings. The zero-order chi connectivity index (χ0) is 15.4. The van der Waals surface area contributed by atoms with E-state index in [2.05, 4.69) is 31.3 Å². The van der Waals surface area contributed by atoms with Gasteiger partial charge in [0.1, 0.15) is 5.75 Å². The lowest BCUT2D eigenvalue weighted by Crippen LogP contribution is -2.47. The maximum Gasteiger partial charge on any atom is 0.234 e. The van der Waals surface area contributed by atoms with Gasteiger partial charge in [-0.2, -0.15) is 0 Å². The summed E-state index contributed by atoms with van der Waals surface area (Å²) in [6.45, 7) is 4.66. The molecular weight excluding hydrogens is 264 g/mol. The molecule has 1 saturated carbocycles. The van der Waals surface area contributed by atoms with E-state index in [0.29, 0.717) is 24.5 Å². The van der Waals surface area contributed by atoms with E-state index in [1.807, 2.05) is 24.1 Å². The number of hydrogen-bond acceptors (Lipinski definition) is 3. The first-order valence-corrected chi connectivity index (χ1v) is 7.63. The molecule has 1 aliphatic rings. The fourth-order valence-electron chi connectivity index (χ4n) is 2.59. The van der Waals surface area contributed by atoms with Crippen molar-refractivity contribution in [1.82, 2.24) is 10.2 Å². The molecule has 0 radical (unpaired) electrons. The van der Waals surface area contributed by atoms with Crippen LogP contribution in [0.15, 0.2) is 24.3 Å². The van der Waals surface area contributed by atoms with E-state index in [1.54, 1.807) is 7.11 Å². The summed E-state index contributed by atoms with van der Waals surface area (Å²) in [5.74, 6) is 1.56. The molecule has 0 spiro atoms. The van der Waals surface area contributed by atoms with Crippen LogP contribution in [0.3, 0.4) is 0 Å². The highest BCUT2D eigenvalue weighted by molar-refractivity contribution is 5.78. The zero-order valence-corrected chi connectivity index (χ0v) is 13.4. The largest absolute Gasteiger partial charge is 0.497 e. The first-order chi connectivity index (χ1) is 9.99. The standard InChI is InChI=1S/C17H26N2O2/c1-12(2)19(3)11-17(20)18-15-8-14(9-15)13-6-5-7-16(10-13)21-4/h5-7,10,12,14-15H,8-9,11H2,1-4H3,(H,18,20). The number of methoxy groups -OCH3 is 1. The highest BCUT2D eigenvalue weighted by Gasteiger charge is 2.31. The molecule has 0 saturated heterocycles. The van der Waals surface area contributed by atoms with Gasteiger partial charge in [-0.3, -0.25) is 9.69 Å². The van der Waals surface area contributed by atoms with Crippen LogP contribution in [0.5, 0.6) is 5.75 Å². The number of carbonyl (C=O) groups is 1. The number of nitrogens with one attached hydrogen (secondary N) is 1. The van der Waals surface area contributed by atoms with Gasteiger partial charge in [-0.1, -0.05) is 12.1 Å². The molecule has 0 unspecified atom stereocenters. The highest BCUT2D eigenvalue weighted by Crippen LogP contribution is 2.37. The lowest BCUT2D eigenvalue weighted by atomic mass is 9.76. The van der Waals surface area contributed by atoms with Crippen molar-refractivity contribution >= 4 is 5.91 Å². The molecule has 0 aromatic heterocycles. The Hall–Kier alpha value is -1.55. The van der Waals surface area contributed by atoms with Gasteiger partial charge in [0, 0.05) is 12.1 Å². The molecule has 4 nitrogen and oxygen atoms in total. The van der Waals surface area contributed by atoms with Gasteiger partial charge < -0.3 is 10.1 Å². The highest BCUT2D eigenvalue weighted by atomic mass is 16.5. The van der Waals surface area contributed by atoms with Crippen LogP contribution in [0.2, 0.25) is 0 Å². The summed E-state index contributed by atoms with van der Waals surface area (Å²) in [5, 5.41) is 3.12. The molecule has 0 heterocycles. The minimum absolute atomic E-state index is 0.125. The molecule has 116 valence electrons. The van der Waals surface area contributed by atoms with Gasteiger partial charge in [-0.15, -0.1) is 0 Å². The Labute approximate surface area is 127 Å². The molecule has 2 rings (SSSR count). The summed E-state index contributed by atoms with van der Waals surface area (Å²) in [7, 11) is 3.66. The van der Waals surface area contributed by atoms with Gasteiger partial charge >= 0.3 is 0 Å². The van der Waals surface area contributed by atoms with Gasteiger partial charge in [-0.25, -0.2) is 0 Å². The quantitative estimate of drug-likeness (QED) is 0.874. The van der Waals surface area contributed by atoms with Gasteiger partial charge in [0.25, 0.3) is 0 Å². The number of amides is 1. The Morgan fingerprint density at radius 1 is 1.43 bits per heavy atom. The fraction of sp³-hybridized carbons (Fsp3) is 0.588. The summed E-state index contributed by atoms with van der Waals surface area (Å²) < 4.78 is 5.26. The summed E-state index contributed by atoms with van der Waals surface area (Å²) in [6.07, 6.45) is 2.04. The second-order valence-corrected chi connectivity index (χ2v) is 6.22. The normalized spacial score (nSPS) is 21.2. The average molecular weight is 290 g/mol. The van der Waals surface area contributed by atoms with E-state index < -0.39 is 0 Å². The topological polar surface area (TPSA) is 41.6 Å². The van der Waals surface area contributed by atoms with Crippen LogP contribution in [-0.4, -0.2) is 43.6 Å². The Kier molecular flexibility index (Phi) is 5.23. The van der Waals surface area contributed by atoms with Crippen molar-refractivity contribution in [1.29, 1.82) is 0 Å². The van der Waals surface area contributed by atoms with Gasteiger partial charge in [0.05, 0.1) is 13.7 Å². The molecule has 0 atom stereocenters. The molecular formula is C17H26N2O2. The van der Waals surface area contributed by atoms with Crippen molar-refractivity contribution in [3.63, 3.8) is 0 Å². The molecule has 21 heavy (non-hydrogen) atoms. The second kappa shape index (κ2) is 6.94. The third-order valence-electron chi connectivity index (χ3n) is 4.34. The molecule has 1 fully saturated rings. The predicted octanol–water partition coefficient (Wildman–Crippen LogP) is 2.40. The third-order valence-corrected chi connectivity index (χ3v) is 4.34. The predicted molar refractivity (Wildman–Crippen MR) is 84.7 cm³/mol. The maximum absolute atomic E-state index is 11.9. The number of hydrogen-bond donors (Lipinski definition) is 1. The molecule has 1 aromatic carbocycles. The first kappa shape index (κ1) is 15.8. The molecule has 1 aliphatic carbocycles. The zero-order valence-electron chi connectivity index (χ0n) is 13.4. The number of likely N-dealkylation sites (N-methyl/N-ethyl adjacent to an activating group) is 1. The van der Waals surface area contributed by atoms with Crippen molar-refractivity contribution in [3.8, 4) is 5.75 Å². The van der Waals surface area contributed by atoms with Crippen LogP contribution in [-0.2, 0) is 4.79 Å². The molecule has 0 bridgehead atoms. The second-order valence-electron chi connectivity index (χ2n) is 6.22. The Morgan fingerprint density at radius 3 is 2.76 bits per heavy atom. The van der Waals surface area contributed by atoms with Crippen molar-refractivity contribution in [2.24, 2.45) is 0 Å². The van der Waals surface area contributed by atoms with Gasteiger partial charge in [-0.05, 0) is 57.4 Å². The van der Waals surface area contributed by atoms with Crippen molar-refractivity contribution in [2.75, 3.05) is 20.7 Å². The number of nitrogens with zero attached hydrogens (tertiary/aromatic N) is 1. The lowest BCUT2D eigenvalue weighted by molar-refractivity contribution is -0.123. The van der Waals surface area contributed by atoms with E-state index in [9.17, 15) is 4.79 Å². The number of benzene rings is 1. The summed E-state index contributed by atoms with van der Waals surface area (Å²) in [5.41, 5.74) is 1.30. The van der Waals surface area contributed by atoms with Crippen LogP contribution in [0, 0.1) is 0 Å². The molecule has 1 N–H and O–H groups in total. The lowest BCUT2D eigenvalue weighted by Gasteiger charge is -2.36. The SMILES string of the molecule is COc1cccc(C2CC(NC(=O)CN(C)C(C)C)C2)c1. The monoisotopic (exact) mass is 290 g/mol. The molecule has 1 amide bonds. The summed E-state index contributed by atoms with van der Waals surface area (Å²) in [4.78, 5) is 14.0. The fourth-order valence-corrected chi connectivity index (χ4v) is 2.59. The maximum atomic E-state index is 11.9. The van der Waals surface area contributed by atoms with Gasteiger partial charge in [0.2, 0.25) is 5.91 Å². The Morgan fingerprint density at radius 2 is 2.14 bits per heavy atom. The van der Waals surface area contributed by atoms with Crippen molar-refractivity contribution in [3.05, 3.63) is 29.8 Å². The van der Waals surface area contributed by atoms with E-state index in [-0.39, 0.29) is 5.91 Å². The first-order valence-electron chi connectivity index (χ1n) is 7.63. The van der Waals surface area contributed by atoms with Crippen LogP contribution in [0.25, 0.3) is 0 Å². The number of ether oxygens (including phenoxy) is 1. The van der Waals surface area contributed by atoms with Crippen LogP contribution in [0.4, 0.5) is 0 Å². The van der Waals surface area contributed by atoms with Crippen LogP contribution >= 0.6 is 0 Å². The van der Waals surface area contributed by atoms with Gasteiger partial charge in [0.15, 0.2) is 0 Å². The Balaban J connectivity index is 1.77. The van der Waals surface area contributed by atoms with Crippen molar-refractivity contribution in [2.45, 2.75) is 44.7 Å². The van der Waals surface area contributed by atoms with E-state index in [1.165, 1.54) is 5.56 Å². The minimum Gasteiger partial charge on any atom is -0.497 e. The molecule has 4 heteroatoms. The summed E-state index contributed by atoms with van der Waals surface area (Å²) >= 11 is 0. The number of carbonyl (C=O) groups excluding carboxylic acids is 1. The third kappa shape index (κ3) is 4.21. The average Bonchev–Trinajstić information content (AvgIpc) is 2.42. The number of rotatable bonds is 6. The smallest absolute Gasteiger partial charge is 0.234 e. The van der Waals surface area contributed by atoms with Crippen LogP contribution < -0.4 is 10.1 Å².